The molecule has 0 aromatic carbocycles. The quantitative estimate of drug-likeness (QED) is 0.423. The van der Waals surface area contributed by atoms with Gasteiger partial charge in [0.05, 0.1) is 0 Å². The number of nitrogens with zero attached hydrogens (tertiary/aromatic N) is 1. The zero-order valence-corrected chi connectivity index (χ0v) is 14.9. The van der Waals surface area contributed by atoms with E-state index in [4.69, 9.17) is 0 Å². The van der Waals surface area contributed by atoms with Gasteiger partial charge < -0.3 is 29.7 Å². The third kappa shape index (κ3) is 3.72. The van der Waals surface area contributed by atoms with Crippen molar-refractivity contribution in [3.8, 4) is 0 Å². The Morgan fingerprint density at radius 2 is 1.76 bits per heavy atom. The molecule has 1 aliphatic carbocycles. The van der Waals surface area contributed by atoms with Gasteiger partial charge in [-0.05, 0) is 20.8 Å². The maximum atomic E-state index is 3.39. The standard InChI is InChI=1S/C13H18N.2ClH.Zr/c1-9-6-11-8-10(2)14(12(11)7-9)13(3,4)5;;;/h7-8,10H,1-5H3;2*1H;/q-1;;;+3/p-2. The molecule has 93 valence electrons. The summed E-state index contributed by atoms with van der Waals surface area (Å²) in [4.78, 5) is 2.46. The van der Waals surface area contributed by atoms with Crippen LogP contribution in [0.2, 0.25) is 0 Å². The Balaban J connectivity index is 0. The summed E-state index contributed by atoms with van der Waals surface area (Å²) in [6.07, 6.45) is 7.93. The molecule has 1 aliphatic heterocycles. The molecule has 1 heterocycles. The third-order valence-electron chi connectivity index (χ3n) is 2.76. The van der Waals surface area contributed by atoms with Crippen molar-refractivity contribution in [3.63, 3.8) is 0 Å². The Labute approximate surface area is 136 Å². The molecule has 1 unspecified atom stereocenters. The van der Waals surface area contributed by atoms with Crippen LogP contribution in [-0.2, 0) is 26.2 Å². The summed E-state index contributed by atoms with van der Waals surface area (Å²) in [6.45, 7) is 11.1. The van der Waals surface area contributed by atoms with Crippen LogP contribution in [-0.4, -0.2) is 16.5 Å². The molecule has 1 atom stereocenters. The Kier molecular flexibility index (Phi) is 7.68. The van der Waals surface area contributed by atoms with Crippen LogP contribution in [0, 0.1) is 6.08 Å². The van der Waals surface area contributed by atoms with Gasteiger partial charge in [0.15, 0.2) is 0 Å². The fraction of sp³-hybridized carbons (Fsp3) is 0.538. The number of rotatable bonds is 0. The molecule has 2 rings (SSSR count). The Hall–Kier alpha value is 0.483. The molecule has 0 aromatic rings. The molecule has 0 aromatic heterocycles. The van der Waals surface area contributed by atoms with E-state index in [1.807, 2.05) is 0 Å². The van der Waals surface area contributed by atoms with Gasteiger partial charge in [-0.3, -0.25) is 0 Å². The third-order valence-corrected chi connectivity index (χ3v) is 2.76. The van der Waals surface area contributed by atoms with Gasteiger partial charge in [-0.15, -0.1) is 29.4 Å². The van der Waals surface area contributed by atoms with Crippen LogP contribution in [0.5, 0.6) is 0 Å². The largest absolute Gasteiger partial charge is 3.00 e. The summed E-state index contributed by atoms with van der Waals surface area (Å²) >= 11 is 0. The molecule has 0 saturated carbocycles. The molecule has 17 heavy (non-hydrogen) atoms. The number of hydrogen-bond donors (Lipinski definition) is 0. The van der Waals surface area contributed by atoms with Crippen LogP contribution >= 0.6 is 0 Å². The van der Waals surface area contributed by atoms with E-state index >= 15 is 0 Å². The zero-order valence-electron chi connectivity index (χ0n) is 10.9. The van der Waals surface area contributed by atoms with Crippen molar-refractivity contribution in [2.75, 3.05) is 0 Å². The molecule has 1 radical (unpaired) electrons. The van der Waals surface area contributed by atoms with Crippen LogP contribution in [0.3, 0.4) is 0 Å². The SMILES string of the molecule is CC1=[C-]C2=CC(C)N(C(C)(C)C)C2=C1.[Cl-].[Cl-].[Zr+3]. The van der Waals surface area contributed by atoms with Crippen LogP contribution in [0.15, 0.2) is 29.0 Å². The molecule has 0 spiro atoms. The van der Waals surface area contributed by atoms with Crippen LogP contribution in [0.25, 0.3) is 0 Å². The van der Waals surface area contributed by atoms with Crippen molar-refractivity contribution < 1.29 is 51.0 Å². The van der Waals surface area contributed by atoms with Gasteiger partial charge in [0.2, 0.25) is 0 Å². The fourth-order valence-corrected chi connectivity index (χ4v) is 2.43. The minimum absolute atomic E-state index is 0. The van der Waals surface area contributed by atoms with Crippen molar-refractivity contribution in [1.29, 1.82) is 0 Å². The molecule has 0 saturated heterocycles. The van der Waals surface area contributed by atoms with Gasteiger partial charge in [0.25, 0.3) is 0 Å². The molecule has 0 amide bonds. The predicted octanol–water partition coefficient (Wildman–Crippen LogP) is -2.93. The summed E-state index contributed by atoms with van der Waals surface area (Å²) < 4.78 is 0. The maximum Gasteiger partial charge on any atom is 3.00 e. The van der Waals surface area contributed by atoms with Gasteiger partial charge in [0, 0.05) is 11.6 Å². The summed E-state index contributed by atoms with van der Waals surface area (Å²) in [5.74, 6) is 0. The number of hydrogen-bond acceptors (Lipinski definition) is 1. The van der Waals surface area contributed by atoms with E-state index in [0.717, 1.165) is 0 Å². The first-order chi connectivity index (χ1) is 6.39. The van der Waals surface area contributed by atoms with E-state index in [1.165, 1.54) is 16.8 Å². The molecular formula is C13H18Cl2NZr. The summed E-state index contributed by atoms with van der Waals surface area (Å²) in [5.41, 5.74) is 4.07. The second-order valence-corrected chi connectivity index (χ2v) is 5.20. The van der Waals surface area contributed by atoms with E-state index in [9.17, 15) is 0 Å². The Bertz CT molecular complexity index is 364. The molecule has 0 N–H and O–H groups in total. The topological polar surface area (TPSA) is 3.24 Å². The Morgan fingerprint density at radius 1 is 1.24 bits per heavy atom. The average Bonchev–Trinajstić information content (AvgIpc) is 2.38. The summed E-state index contributed by atoms with van der Waals surface area (Å²) in [7, 11) is 0. The molecule has 0 fully saturated rings. The maximum absolute atomic E-state index is 3.39. The zero-order chi connectivity index (χ0) is 10.5. The van der Waals surface area contributed by atoms with Gasteiger partial charge in [0.1, 0.15) is 0 Å². The summed E-state index contributed by atoms with van der Waals surface area (Å²) in [6, 6.07) is 0.497. The average molecular weight is 350 g/mol. The van der Waals surface area contributed by atoms with Crippen molar-refractivity contribution in [3.05, 3.63) is 35.1 Å². The van der Waals surface area contributed by atoms with Crippen molar-refractivity contribution in [1.82, 2.24) is 4.90 Å². The number of halogens is 2. The van der Waals surface area contributed by atoms with Crippen LogP contribution < -0.4 is 24.8 Å². The molecule has 1 nitrogen and oxygen atoms in total. The van der Waals surface area contributed by atoms with Crippen molar-refractivity contribution in [2.24, 2.45) is 0 Å². The predicted molar refractivity (Wildman–Crippen MR) is 59.7 cm³/mol. The van der Waals surface area contributed by atoms with E-state index in [-0.39, 0.29) is 56.6 Å². The minimum Gasteiger partial charge on any atom is -1.00 e. The Morgan fingerprint density at radius 3 is 2.24 bits per heavy atom. The van der Waals surface area contributed by atoms with Crippen LogP contribution in [0.4, 0.5) is 0 Å². The van der Waals surface area contributed by atoms with Crippen molar-refractivity contribution >= 4 is 0 Å². The second-order valence-electron chi connectivity index (χ2n) is 5.20. The van der Waals surface area contributed by atoms with E-state index < -0.39 is 0 Å². The first kappa shape index (κ1) is 19.8. The first-order valence-corrected chi connectivity index (χ1v) is 5.23. The molecule has 4 heteroatoms. The summed E-state index contributed by atoms with van der Waals surface area (Å²) in [5, 5.41) is 0. The second kappa shape index (κ2) is 6.59. The monoisotopic (exact) mass is 348 g/mol. The van der Waals surface area contributed by atoms with Crippen LogP contribution in [0.1, 0.15) is 34.6 Å². The van der Waals surface area contributed by atoms with E-state index in [2.05, 4.69) is 57.7 Å². The van der Waals surface area contributed by atoms with E-state index in [0.29, 0.717) is 6.04 Å². The number of allylic oxidation sites excluding steroid dienone is 3. The van der Waals surface area contributed by atoms with Gasteiger partial charge in [-0.25, -0.2) is 0 Å². The smallest absolute Gasteiger partial charge is 1.00 e. The van der Waals surface area contributed by atoms with Gasteiger partial charge >= 0.3 is 26.2 Å². The minimum atomic E-state index is 0. The number of fused-ring (bicyclic) bond motifs is 1. The molecular weight excluding hydrogens is 332 g/mol. The van der Waals surface area contributed by atoms with Crippen molar-refractivity contribution in [2.45, 2.75) is 46.2 Å². The first-order valence-electron chi connectivity index (χ1n) is 5.23. The molecule has 0 bridgehead atoms. The molecule has 2 aliphatic rings. The van der Waals surface area contributed by atoms with E-state index in [1.54, 1.807) is 0 Å². The fourth-order valence-electron chi connectivity index (χ4n) is 2.43. The van der Waals surface area contributed by atoms with Gasteiger partial charge in [-0.2, -0.15) is 0 Å². The van der Waals surface area contributed by atoms with Gasteiger partial charge in [-0.1, -0.05) is 19.5 Å². The normalized spacial score (nSPS) is 21.4.